The highest BCUT2D eigenvalue weighted by Crippen LogP contribution is 2.28. The normalized spacial score (nSPS) is 22.7. The molecule has 0 aliphatic carbocycles. The zero-order valence-corrected chi connectivity index (χ0v) is 9.89. The molecule has 1 saturated heterocycles. The number of benzene rings is 1. The van der Waals surface area contributed by atoms with Crippen LogP contribution in [0, 0.1) is 0 Å². The molecule has 0 radical (unpaired) electrons. The van der Waals surface area contributed by atoms with Crippen LogP contribution in [0.5, 0.6) is 0 Å². The highest BCUT2D eigenvalue weighted by Gasteiger charge is 2.22. The zero-order chi connectivity index (χ0) is 11.4. The van der Waals surface area contributed by atoms with Crippen molar-refractivity contribution in [3.63, 3.8) is 0 Å². The van der Waals surface area contributed by atoms with Crippen LogP contribution < -0.4 is 0 Å². The molecule has 1 aromatic carbocycles. The summed E-state index contributed by atoms with van der Waals surface area (Å²) < 4.78 is 0. The van der Waals surface area contributed by atoms with Gasteiger partial charge >= 0.3 is 0 Å². The van der Waals surface area contributed by atoms with Gasteiger partial charge in [-0.2, -0.15) is 0 Å². The van der Waals surface area contributed by atoms with Crippen molar-refractivity contribution < 1.29 is 0 Å². The van der Waals surface area contributed by atoms with Gasteiger partial charge in [-0.1, -0.05) is 36.4 Å². The summed E-state index contributed by atoms with van der Waals surface area (Å²) in [5.41, 5.74) is 2.74. The van der Waals surface area contributed by atoms with E-state index in [9.17, 15) is 0 Å². The van der Waals surface area contributed by atoms with Gasteiger partial charge in [-0.15, -0.1) is 6.58 Å². The van der Waals surface area contributed by atoms with Gasteiger partial charge in [0.15, 0.2) is 0 Å². The van der Waals surface area contributed by atoms with Gasteiger partial charge < -0.3 is 4.90 Å². The quantitative estimate of drug-likeness (QED) is 0.692. The number of hydrogen-bond acceptors (Lipinski definition) is 1. The van der Waals surface area contributed by atoms with E-state index in [0.29, 0.717) is 6.04 Å². The maximum Gasteiger partial charge on any atom is 0.0356 e. The lowest BCUT2D eigenvalue weighted by atomic mass is 10.1. The molecule has 0 saturated carbocycles. The summed E-state index contributed by atoms with van der Waals surface area (Å²) in [5.74, 6) is 0. The van der Waals surface area contributed by atoms with Crippen LogP contribution >= 0.6 is 0 Å². The number of allylic oxidation sites excluding steroid dienone is 1. The lowest BCUT2D eigenvalue weighted by Crippen LogP contribution is -2.25. The SMILES string of the molecule is C=CCN1/C(=C\c2ccccc2)CCC1C. The Kier molecular flexibility index (Phi) is 3.45. The standard InChI is InChI=1S/C15H19N/c1-3-11-16-13(2)9-10-15(16)12-14-7-5-4-6-8-14/h3-8,12-13H,1,9-11H2,2H3/b15-12-. The van der Waals surface area contributed by atoms with Crippen LogP contribution in [-0.2, 0) is 0 Å². The van der Waals surface area contributed by atoms with Crippen molar-refractivity contribution in [3.8, 4) is 0 Å². The molecular formula is C15H19N. The molecule has 1 fully saturated rings. The van der Waals surface area contributed by atoms with Crippen molar-refractivity contribution in [1.29, 1.82) is 0 Å². The van der Waals surface area contributed by atoms with Gasteiger partial charge in [0.25, 0.3) is 0 Å². The average Bonchev–Trinajstić information content (AvgIpc) is 2.64. The van der Waals surface area contributed by atoms with E-state index < -0.39 is 0 Å². The Morgan fingerprint density at radius 3 is 2.81 bits per heavy atom. The predicted octanol–water partition coefficient (Wildman–Crippen LogP) is 3.70. The van der Waals surface area contributed by atoms with E-state index in [1.54, 1.807) is 0 Å². The number of hydrogen-bond donors (Lipinski definition) is 0. The summed E-state index contributed by atoms with van der Waals surface area (Å²) in [7, 11) is 0. The van der Waals surface area contributed by atoms with Crippen LogP contribution in [0.25, 0.3) is 6.08 Å². The third-order valence-corrected chi connectivity index (χ3v) is 3.18. The van der Waals surface area contributed by atoms with Gasteiger partial charge in [-0.25, -0.2) is 0 Å². The van der Waals surface area contributed by atoms with Crippen molar-refractivity contribution >= 4 is 6.08 Å². The smallest absolute Gasteiger partial charge is 0.0356 e. The lowest BCUT2D eigenvalue weighted by molar-refractivity contribution is 0.344. The molecule has 1 heterocycles. The third-order valence-electron chi connectivity index (χ3n) is 3.18. The fraction of sp³-hybridized carbons (Fsp3) is 0.333. The second-order valence-electron chi connectivity index (χ2n) is 4.38. The number of likely N-dealkylation sites (tertiary alicyclic amines) is 1. The fourth-order valence-electron chi connectivity index (χ4n) is 2.27. The predicted molar refractivity (Wildman–Crippen MR) is 70.0 cm³/mol. The summed E-state index contributed by atoms with van der Waals surface area (Å²) in [6.45, 7) is 7.08. The first-order valence-electron chi connectivity index (χ1n) is 5.94. The third kappa shape index (κ3) is 2.35. The minimum absolute atomic E-state index is 0.646. The van der Waals surface area contributed by atoms with Crippen molar-refractivity contribution in [2.45, 2.75) is 25.8 Å². The Balaban J connectivity index is 2.20. The monoisotopic (exact) mass is 213 g/mol. The Morgan fingerprint density at radius 2 is 2.12 bits per heavy atom. The zero-order valence-electron chi connectivity index (χ0n) is 9.89. The Morgan fingerprint density at radius 1 is 1.38 bits per heavy atom. The summed E-state index contributed by atoms with van der Waals surface area (Å²) in [6.07, 6.45) is 6.73. The molecule has 16 heavy (non-hydrogen) atoms. The van der Waals surface area contributed by atoms with Crippen LogP contribution in [0.4, 0.5) is 0 Å². The van der Waals surface area contributed by atoms with Gasteiger partial charge in [0.1, 0.15) is 0 Å². The molecule has 1 aliphatic heterocycles. The van der Waals surface area contributed by atoms with E-state index in [0.717, 1.165) is 6.54 Å². The fourth-order valence-corrected chi connectivity index (χ4v) is 2.27. The van der Waals surface area contributed by atoms with Crippen LogP contribution in [0.3, 0.4) is 0 Å². The maximum atomic E-state index is 3.83. The molecule has 0 amide bonds. The molecule has 84 valence electrons. The van der Waals surface area contributed by atoms with Crippen LogP contribution in [0.2, 0.25) is 0 Å². The molecule has 0 bridgehead atoms. The van der Waals surface area contributed by atoms with Gasteiger partial charge in [0.05, 0.1) is 0 Å². The molecule has 0 aromatic heterocycles. The van der Waals surface area contributed by atoms with Gasteiger partial charge in [0, 0.05) is 18.3 Å². The van der Waals surface area contributed by atoms with Crippen molar-refractivity contribution in [2.24, 2.45) is 0 Å². The molecule has 1 aromatic rings. The van der Waals surface area contributed by atoms with Crippen LogP contribution in [-0.4, -0.2) is 17.5 Å². The summed E-state index contributed by atoms with van der Waals surface area (Å²) >= 11 is 0. The van der Waals surface area contributed by atoms with E-state index in [2.05, 4.69) is 54.8 Å². The largest absolute Gasteiger partial charge is 0.368 e. The lowest BCUT2D eigenvalue weighted by Gasteiger charge is -2.23. The minimum Gasteiger partial charge on any atom is -0.368 e. The van der Waals surface area contributed by atoms with Crippen molar-refractivity contribution in [1.82, 2.24) is 4.90 Å². The molecule has 0 N–H and O–H groups in total. The van der Waals surface area contributed by atoms with Crippen molar-refractivity contribution in [3.05, 3.63) is 54.2 Å². The molecule has 1 heteroatoms. The van der Waals surface area contributed by atoms with E-state index >= 15 is 0 Å². The summed E-state index contributed by atoms with van der Waals surface area (Å²) in [5, 5.41) is 0. The van der Waals surface area contributed by atoms with Gasteiger partial charge in [0.2, 0.25) is 0 Å². The number of rotatable bonds is 3. The molecule has 1 aliphatic rings. The van der Waals surface area contributed by atoms with Gasteiger partial charge in [-0.05, 0) is 31.4 Å². The van der Waals surface area contributed by atoms with Crippen LogP contribution in [0.1, 0.15) is 25.3 Å². The maximum absolute atomic E-state index is 3.83. The highest BCUT2D eigenvalue weighted by molar-refractivity contribution is 5.52. The Labute approximate surface area is 98.1 Å². The highest BCUT2D eigenvalue weighted by atomic mass is 15.2. The summed E-state index contributed by atoms with van der Waals surface area (Å²) in [4.78, 5) is 2.44. The Bertz CT molecular complexity index is 378. The molecular weight excluding hydrogens is 194 g/mol. The van der Waals surface area contributed by atoms with Crippen molar-refractivity contribution in [2.75, 3.05) is 6.54 Å². The van der Waals surface area contributed by atoms with E-state index in [1.165, 1.54) is 24.1 Å². The van der Waals surface area contributed by atoms with E-state index in [4.69, 9.17) is 0 Å². The molecule has 1 nitrogen and oxygen atoms in total. The molecule has 1 unspecified atom stereocenters. The summed E-state index contributed by atoms with van der Waals surface area (Å²) in [6, 6.07) is 11.2. The average molecular weight is 213 g/mol. The topological polar surface area (TPSA) is 3.24 Å². The first kappa shape index (κ1) is 11.0. The second-order valence-corrected chi connectivity index (χ2v) is 4.38. The van der Waals surface area contributed by atoms with E-state index in [1.807, 2.05) is 6.08 Å². The molecule has 0 spiro atoms. The Hall–Kier alpha value is -1.50. The number of nitrogens with zero attached hydrogens (tertiary/aromatic N) is 1. The first-order valence-corrected chi connectivity index (χ1v) is 5.94. The van der Waals surface area contributed by atoms with Crippen LogP contribution in [0.15, 0.2) is 48.7 Å². The second kappa shape index (κ2) is 5.02. The van der Waals surface area contributed by atoms with E-state index in [-0.39, 0.29) is 0 Å². The molecule has 1 atom stereocenters. The first-order chi connectivity index (χ1) is 7.81. The molecule has 2 rings (SSSR count). The minimum atomic E-state index is 0.646. The van der Waals surface area contributed by atoms with Gasteiger partial charge in [-0.3, -0.25) is 0 Å².